The first-order valence-electron chi connectivity index (χ1n) is 9.30. The summed E-state index contributed by atoms with van der Waals surface area (Å²) in [5.41, 5.74) is 1.02. The third kappa shape index (κ3) is 4.89. The van der Waals surface area contributed by atoms with Gasteiger partial charge < -0.3 is 14.8 Å². The molecule has 1 aromatic carbocycles. The fourth-order valence-electron chi connectivity index (χ4n) is 2.75. The Morgan fingerprint density at radius 2 is 2.00 bits per heavy atom. The van der Waals surface area contributed by atoms with Gasteiger partial charge in [0.15, 0.2) is 18.2 Å². The highest BCUT2D eigenvalue weighted by molar-refractivity contribution is 7.16. The number of carbonyl (C=O) groups is 2. The number of hydrogen-bond acceptors (Lipinski definition) is 8. The highest BCUT2D eigenvalue weighted by Crippen LogP contribution is 2.33. The lowest BCUT2D eigenvalue weighted by molar-refractivity contribution is -0.386. The van der Waals surface area contributed by atoms with Gasteiger partial charge in [0.25, 0.3) is 5.91 Å². The van der Waals surface area contributed by atoms with Crippen molar-refractivity contribution in [3.63, 3.8) is 0 Å². The molecule has 2 heterocycles. The Kier molecular flexibility index (Phi) is 6.65. The number of nitro groups is 1. The van der Waals surface area contributed by atoms with E-state index >= 15 is 0 Å². The minimum atomic E-state index is -0.538. The van der Waals surface area contributed by atoms with Gasteiger partial charge in [-0.3, -0.25) is 14.9 Å². The van der Waals surface area contributed by atoms with Crippen molar-refractivity contribution in [1.82, 2.24) is 9.78 Å². The number of ether oxygens (including phenoxy) is 2. The van der Waals surface area contributed by atoms with Crippen LogP contribution in [-0.4, -0.2) is 33.2 Å². The predicted octanol–water partition coefficient (Wildman–Crippen LogP) is 3.94. The minimum absolute atomic E-state index is 0.0950. The Morgan fingerprint density at radius 1 is 1.26 bits per heavy atom. The summed E-state index contributed by atoms with van der Waals surface area (Å²) < 4.78 is 11.9. The van der Waals surface area contributed by atoms with Crippen LogP contribution in [0.2, 0.25) is 0 Å². The quantitative estimate of drug-likeness (QED) is 0.317. The number of carbonyl (C=O) groups excluding carboxylic acids is 2. The van der Waals surface area contributed by atoms with Gasteiger partial charge in [-0.1, -0.05) is 12.1 Å². The van der Waals surface area contributed by atoms with E-state index in [9.17, 15) is 19.7 Å². The van der Waals surface area contributed by atoms with Crippen molar-refractivity contribution >= 4 is 33.9 Å². The van der Waals surface area contributed by atoms with Gasteiger partial charge in [0.05, 0.1) is 17.1 Å². The SMILES string of the molecule is CCOC(=O)c1c(NC(=O)c2ccn(COc3ccccc3[N+](=O)[O-])n2)sc(C)c1C. The average molecular weight is 444 g/mol. The number of nitrogens with one attached hydrogen (secondary N) is 1. The molecule has 2 aromatic heterocycles. The van der Waals surface area contributed by atoms with E-state index in [0.717, 1.165) is 10.4 Å². The highest BCUT2D eigenvalue weighted by Gasteiger charge is 2.23. The van der Waals surface area contributed by atoms with Gasteiger partial charge in [-0.15, -0.1) is 11.3 Å². The molecule has 0 aliphatic heterocycles. The van der Waals surface area contributed by atoms with Crippen LogP contribution < -0.4 is 10.1 Å². The van der Waals surface area contributed by atoms with Gasteiger partial charge in [-0.2, -0.15) is 5.10 Å². The number of aromatic nitrogens is 2. The first kappa shape index (κ1) is 22.0. The first-order valence-corrected chi connectivity index (χ1v) is 10.1. The van der Waals surface area contributed by atoms with Gasteiger partial charge in [0, 0.05) is 17.1 Å². The fraction of sp³-hybridized carbons (Fsp3) is 0.250. The summed E-state index contributed by atoms with van der Waals surface area (Å²) in [5, 5.41) is 18.3. The van der Waals surface area contributed by atoms with E-state index in [0.29, 0.717) is 10.6 Å². The molecule has 10 nitrogen and oxygen atoms in total. The van der Waals surface area contributed by atoms with Crippen LogP contribution in [0.5, 0.6) is 5.75 Å². The summed E-state index contributed by atoms with van der Waals surface area (Å²) in [6, 6.07) is 7.46. The number of amides is 1. The van der Waals surface area contributed by atoms with E-state index in [-0.39, 0.29) is 30.5 Å². The van der Waals surface area contributed by atoms with Crippen molar-refractivity contribution in [3.8, 4) is 5.75 Å². The van der Waals surface area contributed by atoms with Gasteiger partial charge in [-0.05, 0) is 38.5 Å². The van der Waals surface area contributed by atoms with Crippen molar-refractivity contribution in [1.29, 1.82) is 0 Å². The third-order valence-electron chi connectivity index (χ3n) is 4.38. The molecule has 31 heavy (non-hydrogen) atoms. The average Bonchev–Trinajstić information content (AvgIpc) is 3.31. The second-order valence-electron chi connectivity index (χ2n) is 6.40. The minimum Gasteiger partial charge on any atom is -0.464 e. The molecule has 0 radical (unpaired) electrons. The second-order valence-corrected chi connectivity index (χ2v) is 7.63. The number of nitro benzene ring substituents is 1. The molecule has 11 heteroatoms. The normalized spacial score (nSPS) is 10.5. The lowest BCUT2D eigenvalue weighted by Crippen LogP contribution is -2.16. The number of esters is 1. The van der Waals surface area contributed by atoms with Crippen LogP contribution in [-0.2, 0) is 11.5 Å². The molecule has 0 bridgehead atoms. The van der Waals surface area contributed by atoms with E-state index in [1.54, 1.807) is 26.0 Å². The standard InChI is InChI=1S/C20H20N4O6S/c1-4-29-20(26)17-12(2)13(3)31-19(17)21-18(25)14-9-10-23(22-14)11-30-16-8-6-5-7-15(16)24(27)28/h5-10H,4,11H2,1-3H3,(H,21,25). The highest BCUT2D eigenvalue weighted by atomic mass is 32.1. The zero-order chi connectivity index (χ0) is 22.5. The Labute approximate surface area is 181 Å². The number of para-hydroxylation sites is 2. The largest absolute Gasteiger partial charge is 0.464 e. The fourth-order valence-corrected chi connectivity index (χ4v) is 3.80. The number of nitrogens with zero attached hydrogens (tertiary/aromatic N) is 3. The molecule has 0 spiro atoms. The van der Waals surface area contributed by atoms with E-state index < -0.39 is 16.8 Å². The third-order valence-corrected chi connectivity index (χ3v) is 5.50. The Morgan fingerprint density at radius 3 is 2.71 bits per heavy atom. The van der Waals surface area contributed by atoms with Gasteiger partial charge >= 0.3 is 11.7 Å². The van der Waals surface area contributed by atoms with Crippen LogP contribution in [0.1, 0.15) is 38.2 Å². The molecule has 3 rings (SSSR count). The number of anilines is 1. The molecule has 3 aromatic rings. The van der Waals surface area contributed by atoms with Crippen molar-refractivity contribution in [2.75, 3.05) is 11.9 Å². The second kappa shape index (κ2) is 9.39. The lowest BCUT2D eigenvalue weighted by atomic mass is 10.1. The number of aryl methyl sites for hydroxylation is 1. The van der Waals surface area contributed by atoms with Crippen LogP contribution in [0.15, 0.2) is 36.5 Å². The Hall–Kier alpha value is -3.73. The van der Waals surface area contributed by atoms with Crippen LogP contribution >= 0.6 is 11.3 Å². The number of hydrogen-bond donors (Lipinski definition) is 1. The molecular weight excluding hydrogens is 424 g/mol. The van der Waals surface area contributed by atoms with Crippen molar-refractivity contribution in [2.45, 2.75) is 27.5 Å². The summed E-state index contributed by atoms with van der Waals surface area (Å²) in [4.78, 5) is 36.3. The molecule has 0 aliphatic rings. The molecule has 0 fully saturated rings. The molecule has 162 valence electrons. The lowest BCUT2D eigenvalue weighted by Gasteiger charge is -2.07. The number of thiophene rings is 1. The van der Waals surface area contributed by atoms with Gasteiger partial charge in [-0.25, -0.2) is 9.48 Å². The smallest absolute Gasteiger partial charge is 0.341 e. The summed E-state index contributed by atoms with van der Waals surface area (Å²) >= 11 is 1.28. The molecule has 0 aliphatic carbocycles. The van der Waals surface area contributed by atoms with E-state index in [1.165, 1.54) is 40.4 Å². The van der Waals surface area contributed by atoms with Crippen molar-refractivity contribution in [2.24, 2.45) is 0 Å². The maximum atomic E-state index is 12.6. The topological polar surface area (TPSA) is 126 Å². The van der Waals surface area contributed by atoms with Crippen LogP contribution in [0.3, 0.4) is 0 Å². The van der Waals surface area contributed by atoms with Gasteiger partial charge in [0.2, 0.25) is 0 Å². The number of benzene rings is 1. The van der Waals surface area contributed by atoms with Crippen LogP contribution in [0.25, 0.3) is 0 Å². The van der Waals surface area contributed by atoms with E-state index in [1.807, 2.05) is 6.92 Å². The van der Waals surface area contributed by atoms with E-state index in [4.69, 9.17) is 9.47 Å². The Bertz CT molecular complexity index is 1140. The first-order chi connectivity index (χ1) is 14.8. The maximum absolute atomic E-state index is 12.6. The summed E-state index contributed by atoms with van der Waals surface area (Å²) in [6.45, 7) is 5.47. The summed E-state index contributed by atoms with van der Waals surface area (Å²) in [7, 11) is 0. The van der Waals surface area contributed by atoms with Gasteiger partial charge in [0.1, 0.15) is 5.00 Å². The Balaban J connectivity index is 1.71. The summed E-state index contributed by atoms with van der Waals surface area (Å²) in [5.74, 6) is -0.906. The molecule has 0 atom stereocenters. The molecule has 0 saturated carbocycles. The molecule has 1 N–H and O–H groups in total. The maximum Gasteiger partial charge on any atom is 0.341 e. The number of rotatable bonds is 8. The molecule has 0 saturated heterocycles. The molecule has 0 unspecified atom stereocenters. The molecular formula is C20H20N4O6S. The zero-order valence-corrected chi connectivity index (χ0v) is 17.9. The zero-order valence-electron chi connectivity index (χ0n) is 17.1. The van der Waals surface area contributed by atoms with Crippen molar-refractivity contribution < 1.29 is 24.0 Å². The molecule has 1 amide bonds. The monoisotopic (exact) mass is 444 g/mol. The summed E-state index contributed by atoms with van der Waals surface area (Å²) in [6.07, 6.45) is 1.51. The van der Waals surface area contributed by atoms with Crippen LogP contribution in [0, 0.1) is 24.0 Å². The van der Waals surface area contributed by atoms with E-state index in [2.05, 4.69) is 10.4 Å². The predicted molar refractivity (Wildman–Crippen MR) is 114 cm³/mol. The van der Waals surface area contributed by atoms with Crippen molar-refractivity contribution in [3.05, 3.63) is 68.3 Å². The van der Waals surface area contributed by atoms with Crippen LogP contribution in [0.4, 0.5) is 10.7 Å².